The number of piperidine rings is 3. The van der Waals surface area contributed by atoms with E-state index in [1.807, 2.05) is 30.3 Å². The highest BCUT2D eigenvalue weighted by atomic mass is 35.6. The average Bonchev–Trinajstić information content (AvgIpc) is 3.12. The number of ketones is 2. The molecule has 3 saturated heterocycles. The summed E-state index contributed by atoms with van der Waals surface area (Å²) in [6.07, 6.45) is -1.61. The molecule has 4 heterocycles. The van der Waals surface area contributed by atoms with Gasteiger partial charge in [-0.05, 0) is 30.4 Å². The standard InChI is InChI=1S/2C12H15NO.C8H14N2.CHCl3.H2O/c2*14-12-6-8-13(9-7-12)10-11-4-2-1-3-5-11;1-2-6-10-7-3-5-9-8(10)4-1;2-1(3)4;/h2*1-5H,6-10H2;1-7H2;1H;1H2/i6D2,7D2,8D2,9D2;8D2,9D2;;1D;/hD2. The fourth-order valence-corrected chi connectivity index (χ4v) is 4.27. The molecule has 0 aromatic heterocycles. The highest BCUT2D eigenvalue weighted by Crippen LogP contribution is 2.15. The number of hydrogen-bond donors (Lipinski definition) is 0. The molecule has 0 radical (unpaired) electrons. The molecule has 7 nitrogen and oxygen atoms in total. The smallest absolute Gasteiger partial charge is 0.206 e. The number of aliphatic imine (C=N–C) groups is 1. The Morgan fingerprint density at radius 1 is 0.767 bits per heavy atom. The minimum absolute atomic E-state index is 0.161. The quantitative estimate of drug-likeness (QED) is 0.366. The first kappa shape index (κ1) is 20.2. The summed E-state index contributed by atoms with van der Waals surface area (Å²) in [4.78, 5) is 31.8. The van der Waals surface area contributed by atoms with Crippen molar-refractivity contribution in [3.05, 3.63) is 71.8 Å². The second-order valence-electron chi connectivity index (χ2n) is 9.46. The monoisotopic (exact) mass is 667 g/mol. The Hall–Kier alpha value is -2.00. The van der Waals surface area contributed by atoms with Crippen molar-refractivity contribution in [3.63, 3.8) is 0 Å². The molecule has 0 spiro atoms. The number of benzene rings is 2. The van der Waals surface area contributed by atoms with Gasteiger partial charge in [-0.15, -0.1) is 0 Å². The summed E-state index contributed by atoms with van der Waals surface area (Å²) in [5.41, 5.74) is 4.07. The topological polar surface area (TPSA) is 87.7 Å². The molecule has 2 N–H and O–H groups in total. The fraction of sp³-hybridized carbons (Fsp3) is 0.545. The van der Waals surface area contributed by atoms with E-state index in [0.29, 0.717) is 10.5 Å². The number of halogens is 3. The number of carbonyl (C=O) groups is 2. The molecule has 0 saturated carbocycles. The van der Waals surface area contributed by atoms with E-state index in [2.05, 4.69) is 15.4 Å². The van der Waals surface area contributed by atoms with Gasteiger partial charge in [0.05, 0.1) is 7.21 Å². The second-order valence-corrected chi connectivity index (χ2v) is 11.2. The van der Waals surface area contributed by atoms with Crippen LogP contribution in [-0.2, 0) is 22.7 Å². The lowest BCUT2D eigenvalue weighted by molar-refractivity contribution is -0.122. The maximum Gasteiger partial charge on any atom is 0.206 e. The van der Waals surface area contributed by atoms with E-state index in [1.165, 1.54) is 44.6 Å². The van der Waals surface area contributed by atoms with E-state index in [1.54, 1.807) is 30.3 Å². The van der Waals surface area contributed by atoms with Gasteiger partial charge in [-0.3, -0.25) is 24.4 Å². The van der Waals surface area contributed by atoms with Gasteiger partial charge in [0.2, 0.25) is 2.86 Å². The third-order valence-corrected chi connectivity index (χ3v) is 6.23. The average molecular weight is 669 g/mol. The Bertz CT molecular complexity index is 1600. The van der Waals surface area contributed by atoms with Crippen LogP contribution < -0.4 is 0 Å². The molecule has 10 heteroatoms. The molecule has 3 fully saturated rings. The van der Waals surface area contributed by atoms with Crippen LogP contribution in [0.5, 0.6) is 0 Å². The first-order valence-corrected chi connectivity index (χ1v) is 14.8. The number of amidine groups is 1. The van der Waals surface area contributed by atoms with E-state index in [4.69, 9.17) is 55.5 Å². The normalized spacial score (nSPS) is 31.0. The molecular formula is C33H47Cl3N4O3. The van der Waals surface area contributed by atoms with E-state index >= 15 is 0 Å². The number of hydrogen-bond acceptors (Lipinski definition) is 6. The number of rotatable bonds is 4. The van der Waals surface area contributed by atoms with Gasteiger partial charge in [-0.25, -0.2) is 0 Å². The Kier molecular flexibility index (Phi) is 10.2. The summed E-state index contributed by atoms with van der Waals surface area (Å²) in [6.45, 7) is -6.46. The Morgan fingerprint density at radius 2 is 1.26 bits per heavy atom. The number of carbonyl (C=O) groups excluding carboxylic acids is 2. The van der Waals surface area contributed by atoms with Crippen LogP contribution in [0.4, 0.5) is 0 Å². The lowest BCUT2D eigenvalue weighted by atomic mass is 10.1. The SMILES string of the molecule is C1CCN2CCCN=C2C1.[2H]C(Cl)(Cl)Cl.[2H]C1([2H])C(=O)C([2H])([2H])C([2H])([2H])N(Cc2ccccc2)C1([2H])[2H].[2H]C1([2H])CC(=O)CC([2H])([2H])N1Cc1ccccc1.[2H]O[2H]. The zero-order valence-electron chi connectivity index (χ0n) is 38.7. The Balaban J connectivity index is 0.000000286. The Morgan fingerprint density at radius 3 is 1.77 bits per heavy atom. The summed E-state index contributed by atoms with van der Waals surface area (Å²) in [5.74, 6) is -0.703. The molecule has 4 aliphatic heterocycles. The van der Waals surface area contributed by atoms with Crippen molar-refractivity contribution in [2.45, 2.75) is 68.6 Å². The molecule has 43 heavy (non-hydrogen) atoms. The molecule has 0 bridgehead atoms. The van der Waals surface area contributed by atoms with Crippen LogP contribution in [0.15, 0.2) is 65.7 Å². The minimum Gasteiger partial charge on any atom is -0.412 e. The molecule has 2 aromatic carbocycles. The lowest BCUT2D eigenvalue weighted by Gasteiger charge is -2.32. The zero-order chi connectivity index (χ0) is 44.4. The summed E-state index contributed by atoms with van der Waals surface area (Å²) >= 11 is 14.2. The molecule has 238 valence electrons. The molecule has 2 aromatic rings. The van der Waals surface area contributed by atoms with E-state index in [9.17, 15) is 9.59 Å². The largest absolute Gasteiger partial charge is 0.412 e. The number of fused-ring (bicyclic) bond motifs is 1. The Labute approximate surface area is 293 Å². The van der Waals surface area contributed by atoms with Gasteiger partial charge in [0.25, 0.3) is 0 Å². The van der Waals surface area contributed by atoms with Crippen molar-refractivity contribution in [1.82, 2.24) is 14.7 Å². The van der Waals surface area contributed by atoms with Crippen LogP contribution in [0.25, 0.3) is 0 Å². The van der Waals surface area contributed by atoms with Crippen molar-refractivity contribution in [2.75, 3.05) is 45.6 Å². The third kappa shape index (κ3) is 16.0. The third-order valence-electron chi connectivity index (χ3n) is 6.23. The van der Waals surface area contributed by atoms with E-state index < -0.39 is 48.8 Å². The van der Waals surface area contributed by atoms with E-state index in [0.717, 1.165) is 17.0 Å². The number of likely N-dealkylation sites (tertiary alicyclic amines) is 2. The second kappa shape index (κ2) is 21.7. The molecule has 4 aliphatic rings. The fourth-order valence-electron chi connectivity index (χ4n) is 4.27. The molecule has 0 amide bonds. The van der Waals surface area contributed by atoms with Gasteiger partial charge < -0.3 is 10.4 Å². The molecule has 6 rings (SSSR count). The summed E-state index contributed by atoms with van der Waals surface area (Å²) in [5, 5.41) is 0. The van der Waals surface area contributed by atoms with Gasteiger partial charge in [0.15, 0.2) is 4.27 Å². The predicted octanol–water partition coefficient (Wildman–Crippen LogP) is 6.14. The number of nitrogens with zero attached hydrogens (tertiary/aromatic N) is 4. The van der Waals surface area contributed by atoms with Gasteiger partial charge in [-0.1, -0.05) is 95.5 Å². The van der Waals surface area contributed by atoms with Crippen LogP contribution in [0, 0.1) is 0 Å². The first-order valence-electron chi connectivity index (χ1n) is 21.0. The van der Waals surface area contributed by atoms with Crippen LogP contribution >= 0.6 is 34.8 Å². The van der Waals surface area contributed by atoms with Crippen LogP contribution in [0.3, 0.4) is 0 Å². The van der Waals surface area contributed by atoms with Gasteiger partial charge in [0.1, 0.15) is 11.6 Å². The molecule has 0 unspecified atom stereocenters. The van der Waals surface area contributed by atoms with Crippen molar-refractivity contribution >= 4 is 52.2 Å². The number of Topliss-reactive ketones (excluding diaryl/α,β-unsaturated/α-hetero) is 2. The molecular weight excluding hydrogens is 607 g/mol. The molecule has 0 atom stereocenters. The van der Waals surface area contributed by atoms with Crippen molar-refractivity contribution in [2.24, 2.45) is 4.99 Å². The maximum atomic E-state index is 11.9. The van der Waals surface area contributed by atoms with Crippen LogP contribution in [0.1, 0.15) is 80.2 Å². The van der Waals surface area contributed by atoms with Crippen LogP contribution in [0.2, 0.25) is 0 Å². The summed E-state index contributed by atoms with van der Waals surface area (Å²) in [7, 11) is 0. The number of alkyl halides is 3. The van der Waals surface area contributed by atoms with Crippen molar-refractivity contribution < 1.29 is 32.9 Å². The summed E-state index contributed by atoms with van der Waals surface area (Å²) < 4.78 is 109. The summed E-state index contributed by atoms with van der Waals surface area (Å²) in [6, 6.07) is 17.4. The minimum atomic E-state index is -3.17. The first-order chi connectivity index (χ1) is 26.6. The van der Waals surface area contributed by atoms with Gasteiger partial charge in [0, 0.05) is 107 Å². The van der Waals surface area contributed by atoms with Gasteiger partial charge in [-0.2, -0.15) is 0 Å². The zero-order valence-corrected chi connectivity index (χ0v) is 26.0. The van der Waals surface area contributed by atoms with E-state index in [-0.39, 0.29) is 31.7 Å². The maximum absolute atomic E-state index is 11.9. The molecule has 0 aliphatic carbocycles. The van der Waals surface area contributed by atoms with Gasteiger partial charge >= 0.3 is 0 Å². The van der Waals surface area contributed by atoms with Crippen molar-refractivity contribution in [1.29, 1.82) is 2.86 Å². The lowest BCUT2D eigenvalue weighted by Crippen LogP contribution is -2.39. The highest BCUT2D eigenvalue weighted by molar-refractivity contribution is 6.63. The predicted molar refractivity (Wildman–Crippen MR) is 179 cm³/mol. The van der Waals surface area contributed by atoms with Crippen LogP contribution in [-0.4, -0.2) is 90.3 Å². The highest BCUT2D eigenvalue weighted by Gasteiger charge is 2.18. The van der Waals surface area contributed by atoms with Crippen molar-refractivity contribution in [3.8, 4) is 0 Å².